The molecule has 1 aromatic rings. The van der Waals surface area contributed by atoms with Gasteiger partial charge < -0.3 is 19.9 Å². The normalized spacial score (nSPS) is 15.1. The Morgan fingerprint density at radius 3 is 2.58 bits per heavy atom. The Morgan fingerprint density at radius 2 is 1.92 bits per heavy atom. The molecule has 0 bridgehead atoms. The highest BCUT2D eigenvalue weighted by atomic mass is 79.9. The van der Waals surface area contributed by atoms with E-state index in [1.165, 1.54) is 6.92 Å². The average molecular weight is 401 g/mol. The van der Waals surface area contributed by atoms with Crippen molar-refractivity contribution in [3.8, 4) is 0 Å². The van der Waals surface area contributed by atoms with Gasteiger partial charge in [-0.15, -0.1) is 0 Å². The summed E-state index contributed by atoms with van der Waals surface area (Å²) in [4.78, 5) is 25.0. The highest BCUT2D eigenvalue weighted by Crippen LogP contribution is 2.27. The van der Waals surface area contributed by atoms with Gasteiger partial charge in [-0.05, 0) is 33.6 Å². The van der Waals surface area contributed by atoms with Gasteiger partial charge in [-0.3, -0.25) is 9.69 Å². The van der Waals surface area contributed by atoms with Gasteiger partial charge in [0.1, 0.15) is 13.2 Å². The van der Waals surface area contributed by atoms with E-state index in [1.54, 1.807) is 12.1 Å². The summed E-state index contributed by atoms with van der Waals surface area (Å²) in [6.45, 7) is 5.04. The number of halogens is 1. The molecule has 24 heavy (non-hydrogen) atoms. The van der Waals surface area contributed by atoms with Crippen LogP contribution in [0.15, 0.2) is 16.6 Å². The van der Waals surface area contributed by atoms with Crippen molar-refractivity contribution in [3.63, 3.8) is 0 Å². The molecule has 0 aromatic heterocycles. The van der Waals surface area contributed by atoms with Gasteiger partial charge in [0.25, 0.3) is 0 Å². The molecule has 1 aliphatic heterocycles. The van der Waals surface area contributed by atoms with E-state index in [0.717, 1.165) is 18.7 Å². The van der Waals surface area contributed by atoms with Gasteiger partial charge >= 0.3 is 11.9 Å². The number of hydrogen-bond acceptors (Lipinski definition) is 7. The summed E-state index contributed by atoms with van der Waals surface area (Å²) in [5.41, 5.74) is 7.98. The van der Waals surface area contributed by atoms with E-state index in [4.69, 9.17) is 19.9 Å². The Kier molecular flexibility index (Phi) is 7.01. The van der Waals surface area contributed by atoms with Crippen molar-refractivity contribution >= 4 is 33.6 Å². The molecule has 132 valence electrons. The predicted octanol–water partition coefficient (Wildman–Crippen LogP) is 1.58. The number of rotatable bonds is 6. The van der Waals surface area contributed by atoms with Gasteiger partial charge in [0.05, 0.1) is 24.5 Å². The van der Waals surface area contributed by atoms with Crippen LogP contribution in [0.25, 0.3) is 0 Å². The molecule has 7 nitrogen and oxygen atoms in total. The first-order chi connectivity index (χ1) is 11.5. The Bertz CT molecular complexity index is 602. The lowest BCUT2D eigenvalue weighted by Gasteiger charge is -2.27. The smallest absolute Gasteiger partial charge is 0.338 e. The van der Waals surface area contributed by atoms with E-state index >= 15 is 0 Å². The molecule has 1 aromatic carbocycles. The summed E-state index contributed by atoms with van der Waals surface area (Å²) in [6, 6.07) is 3.37. The zero-order valence-electron chi connectivity index (χ0n) is 13.5. The SMILES string of the molecule is CC(=O)OCCOC(=O)c1cc(Br)c(N)c(CN2CCOCC2)c1. The van der Waals surface area contributed by atoms with Gasteiger partial charge in [-0.25, -0.2) is 4.79 Å². The fourth-order valence-electron chi connectivity index (χ4n) is 2.33. The molecule has 2 rings (SSSR count). The van der Waals surface area contributed by atoms with Crippen LogP contribution in [0.5, 0.6) is 0 Å². The van der Waals surface area contributed by atoms with E-state index in [2.05, 4.69) is 20.8 Å². The van der Waals surface area contributed by atoms with Crippen LogP contribution in [0.1, 0.15) is 22.8 Å². The highest BCUT2D eigenvalue weighted by molar-refractivity contribution is 9.10. The molecule has 0 radical (unpaired) electrons. The third kappa shape index (κ3) is 5.47. The summed E-state index contributed by atoms with van der Waals surface area (Å²) < 4.78 is 15.8. The summed E-state index contributed by atoms with van der Waals surface area (Å²) in [6.07, 6.45) is 0. The van der Waals surface area contributed by atoms with Crippen LogP contribution in [0.2, 0.25) is 0 Å². The number of morpholine rings is 1. The largest absolute Gasteiger partial charge is 0.462 e. The van der Waals surface area contributed by atoms with E-state index < -0.39 is 11.9 Å². The number of carbonyl (C=O) groups excluding carboxylic acids is 2. The molecule has 0 saturated carbocycles. The van der Waals surface area contributed by atoms with Crippen molar-refractivity contribution in [3.05, 3.63) is 27.7 Å². The highest BCUT2D eigenvalue weighted by Gasteiger charge is 2.17. The second kappa shape index (κ2) is 9.00. The van der Waals surface area contributed by atoms with Gasteiger partial charge in [0.2, 0.25) is 0 Å². The van der Waals surface area contributed by atoms with Crippen molar-refractivity contribution in [2.75, 3.05) is 45.3 Å². The minimum absolute atomic E-state index is 0.0131. The molecule has 1 saturated heterocycles. The lowest BCUT2D eigenvalue weighted by atomic mass is 10.1. The van der Waals surface area contributed by atoms with Crippen LogP contribution in [-0.2, 0) is 25.5 Å². The van der Waals surface area contributed by atoms with E-state index in [-0.39, 0.29) is 13.2 Å². The summed E-state index contributed by atoms with van der Waals surface area (Å²) in [7, 11) is 0. The van der Waals surface area contributed by atoms with E-state index in [9.17, 15) is 9.59 Å². The minimum Gasteiger partial charge on any atom is -0.462 e. The molecule has 0 atom stereocenters. The second-order valence-corrected chi connectivity index (χ2v) is 6.25. The average Bonchev–Trinajstić information content (AvgIpc) is 2.56. The Morgan fingerprint density at radius 1 is 1.25 bits per heavy atom. The third-order valence-corrected chi connectivity index (χ3v) is 4.23. The van der Waals surface area contributed by atoms with Gasteiger partial charge in [0.15, 0.2) is 0 Å². The Balaban J connectivity index is 2.01. The van der Waals surface area contributed by atoms with Crippen LogP contribution >= 0.6 is 15.9 Å². The van der Waals surface area contributed by atoms with Crippen molar-refractivity contribution in [2.24, 2.45) is 0 Å². The molecule has 1 heterocycles. The standard InChI is InChI=1S/C16H21BrN2O5/c1-11(20)23-6-7-24-16(21)12-8-13(15(18)14(17)9-12)10-19-2-4-22-5-3-19/h8-9H,2-7,10,18H2,1H3. The fraction of sp³-hybridized carbons (Fsp3) is 0.500. The van der Waals surface area contributed by atoms with Crippen LogP contribution in [0, 0.1) is 0 Å². The maximum Gasteiger partial charge on any atom is 0.338 e. The molecule has 2 N–H and O–H groups in total. The first kappa shape index (κ1) is 18.7. The monoisotopic (exact) mass is 400 g/mol. The first-order valence-corrected chi connectivity index (χ1v) is 8.45. The van der Waals surface area contributed by atoms with Gasteiger partial charge in [-0.2, -0.15) is 0 Å². The summed E-state index contributed by atoms with van der Waals surface area (Å²) in [5, 5.41) is 0. The van der Waals surface area contributed by atoms with E-state index in [1.807, 2.05) is 0 Å². The number of ether oxygens (including phenoxy) is 3. The van der Waals surface area contributed by atoms with Crippen molar-refractivity contribution < 1.29 is 23.8 Å². The molecule has 0 spiro atoms. The number of nitrogens with zero attached hydrogens (tertiary/aromatic N) is 1. The molecule has 0 unspecified atom stereocenters. The number of hydrogen-bond donors (Lipinski definition) is 1. The lowest BCUT2D eigenvalue weighted by molar-refractivity contribution is -0.142. The van der Waals surface area contributed by atoms with Crippen LogP contribution < -0.4 is 5.73 Å². The number of carbonyl (C=O) groups is 2. The minimum atomic E-state index is -0.480. The van der Waals surface area contributed by atoms with Crippen molar-refractivity contribution in [1.82, 2.24) is 4.90 Å². The molecule has 0 amide bonds. The van der Waals surface area contributed by atoms with Crippen LogP contribution in [-0.4, -0.2) is 56.4 Å². The van der Waals surface area contributed by atoms with E-state index in [0.29, 0.717) is 35.5 Å². The van der Waals surface area contributed by atoms with Crippen molar-refractivity contribution in [2.45, 2.75) is 13.5 Å². The Hall–Kier alpha value is -1.64. The predicted molar refractivity (Wildman–Crippen MR) is 91.6 cm³/mol. The number of esters is 2. The summed E-state index contributed by atoms with van der Waals surface area (Å²) >= 11 is 3.39. The Labute approximate surface area is 149 Å². The maximum atomic E-state index is 12.1. The number of benzene rings is 1. The van der Waals surface area contributed by atoms with Crippen LogP contribution in [0.4, 0.5) is 5.69 Å². The zero-order chi connectivity index (χ0) is 17.5. The van der Waals surface area contributed by atoms with Crippen LogP contribution in [0.3, 0.4) is 0 Å². The third-order valence-electron chi connectivity index (χ3n) is 3.57. The molecule has 0 aliphatic carbocycles. The quantitative estimate of drug-likeness (QED) is 0.440. The maximum absolute atomic E-state index is 12.1. The molecular weight excluding hydrogens is 380 g/mol. The van der Waals surface area contributed by atoms with Crippen molar-refractivity contribution in [1.29, 1.82) is 0 Å². The topological polar surface area (TPSA) is 91.1 Å². The number of nitrogen functional groups attached to an aromatic ring is 1. The fourth-order valence-corrected chi connectivity index (χ4v) is 2.83. The number of nitrogens with two attached hydrogens (primary N) is 1. The zero-order valence-corrected chi connectivity index (χ0v) is 15.1. The number of anilines is 1. The lowest BCUT2D eigenvalue weighted by Crippen LogP contribution is -2.35. The molecule has 8 heteroatoms. The molecule has 1 aliphatic rings. The van der Waals surface area contributed by atoms with Gasteiger partial charge in [0, 0.05) is 31.0 Å². The molecule has 1 fully saturated rings. The first-order valence-electron chi connectivity index (χ1n) is 7.66. The van der Waals surface area contributed by atoms with Gasteiger partial charge in [-0.1, -0.05) is 0 Å². The summed E-state index contributed by atoms with van der Waals surface area (Å²) in [5.74, 6) is -0.889. The second-order valence-electron chi connectivity index (χ2n) is 5.40. The molecular formula is C16H21BrN2O5.